The molecule has 12 rings (SSSR count). The Morgan fingerprint density at radius 3 is 1.86 bits per heavy atom. The molecule has 0 unspecified atom stereocenters. The third-order valence-corrected chi connectivity index (χ3v) is 12.6. The van der Waals surface area contributed by atoms with Crippen molar-refractivity contribution in [2.75, 3.05) is 4.90 Å². The van der Waals surface area contributed by atoms with Crippen LogP contribution in [-0.2, 0) is 5.41 Å². The van der Waals surface area contributed by atoms with E-state index in [0.717, 1.165) is 33.6 Å². The van der Waals surface area contributed by atoms with Gasteiger partial charge in [-0.3, -0.25) is 0 Å². The summed E-state index contributed by atoms with van der Waals surface area (Å²) in [5.74, 6) is 0. The summed E-state index contributed by atoms with van der Waals surface area (Å²) in [7, 11) is 0. The molecule has 1 heterocycles. The van der Waals surface area contributed by atoms with Crippen LogP contribution in [0.15, 0.2) is 192 Å². The minimum atomic E-state index is -0.131. The largest absolute Gasteiger partial charge is 0.456 e. The molecule has 0 bridgehead atoms. The number of hydrogen-bond acceptors (Lipinski definition) is 2. The lowest BCUT2D eigenvalue weighted by Crippen LogP contribution is -2.16. The van der Waals surface area contributed by atoms with Gasteiger partial charge < -0.3 is 9.32 Å². The Hall–Kier alpha value is -7.16. The van der Waals surface area contributed by atoms with E-state index in [-0.39, 0.29) is 5.41 Å². The number of hydrogen-bond donors (Lipinski definition) is 0. The van der Waals surface area contributed by atoms with Crippen molar-refractivity contribution < 1.29 is 4.42 Å². The number of para-hydroxylation sites is 1. The molecule has 0 saturated heterocycles. The lowest BCUT2D eigenvalue weighted by atomic mass is 9.82. The van der Waals surface area contributed by atoms with Crippen LogP contribution < -0.4 is 4.90 Å². The van der Waals surface area contributed by atoms with E-state index in [1.165, 1.54) is 81.9 Å². The fraction of sp³-hybridized carbons (Fsp3) is 0.0545. The number of anilines is 3. The summed E-state index contributed by atoms with van der Waals surface area (Å²) < 4.78 is 6.43. The number of furan rings is 1. The highest BCUT2D eigenvalue weighted by Gasteiger charge is 2.36. The smallest absolute Gasteiger partial charge is 0.136 e. The van der Waals surface area contributed by atoms with Gasteiger partial charge in [0, 0.05) is 38.3 Å². The van der Waals surface area contributed by atoms with Crippen molar-refractivity contribution in [3.63, 3.8) is 0 Å². The molecule has 0 fully saturated rings. The van der Waals surface area contributed by atoms with Crippen molar-refractivity contribution in [1.82, 2.24) is 0 Å². The maximum absolute atomic E-state index is 6.43. The molecule has 57 heavy (non-hydrogen) atoms. The van der Waals surface area contributed by atoms with Gasteiger partial charge in [-0.1, -0.05) is 147 Å². The van der Waals surface area contributed by atoms with Crippen molar-refractivity contribution in [1.29, 1.82) is 0 Å². The second kappa shape index (κ2) is 11.9. The molecule has 2 heteroatoms. The number of rotatable bonds is 4. The minimum absolute atomic E-state index is 0.131. The first kappa shape index (κ1) is 32.1. The van der Waals surface area contributed by atoms with Crippen LogP contribution in [-0.4, -0.2) is 0 Å². The second-order valence-electron chi connectivity index (χ2n) is 16.0. The molecule has 0 spiro atoms. The molecule has 0 amide bonds. The van der Waals surface area contributed by atoms with Crippen molar-refractivity contribution >= 4 is 82.1 Å². The number of benzene rings is 10. The summed E-state index contributed by atoms with van der Waals surface area (Å²) in [6.45, 7) is 4.73. The predicted octanol–water partition coefficient (Wildman–Crippen LogP) is 15.6. The first-order valence-electron chi connectivity index (χ1n) is 19.8. The molecule has 0 atom stereocenters. The molecular weight excluding hydrogens is 691 g/mol. The molecule has 0 N–H and O–H groups in total. The van der Waals surface area contributed by atoms with E-state index >= 15 is 0 Å². The van der Waals surface area contributed by atoms with Gasteiger partial charge in [-0.05, 0) is 120 Å². The maximum Gasteiger partial charge on any atom is 0.136 e. The Balaban J connectivity index is 1.13. The zero-order valence-electron chi connectivity index (χ0n) is 31.8. The zero-order chi connectivity index (χ0) is 37.8. The monoisotopic (exact) mass is 727 g/mol. The van der Waals surface area contributed by atoms with Crippen molar-refractivity contribution in [2.24, 2.45) is 0 Å². The average molecular weight is 728 g/mol. The maximum atomic E-state index is 6.43. The average Bonchev–Trinajstić information content (AvgIpc) is 3.75. The Morgan fingerprint density at radius 2 is 1.02 bits per heavy atom. The molecule has 0 saturated carbocycles. The fourth-order valence-corrected chi connectivity index (χ4v) is 9.90. The van der Waals surface area contributed by atoms with Gasteiger partial charge in [0.15, 0.2) is 0 Å². The topological polar surface area (TPSA) is 16.4 Å². The van der Waals surface area contributed by atoms with Crippen LogP contribution >= 0.6 is 0 Å². The highest BCUT2D eigenvalue weighted by atomic mass is 16.3. The van der Waals surface area contributed by atoms with E-state index in [2.05, 4.69) is 207 Å². The summed E-state index contributed by atoms with van der Waals surface area (Å²) in [6, 6.07) is 69.0. The summed E-state index contributed by atoms with van der Waals surface area (Å²) >= 11 is 0. The Morgan fingerprint density at radius 1 is 0.386 bits per heavy atom. The van der Waals surface area contributed by atoms with Gasteiger partial charge in [0.05, 0.1) is 5.69 Å². The van der Waals surface area contributed by atoms with Crippen LogP contribution in [0.25, 0.3) is 87.3 Å². The van der Waals surface area contributed by atoms with Crippen LogP contribution in [0.5, 0.6) is 0 Å². The molecule has 0 aliphatic heterocycles. The normalized spacial score (nSPS) is 13.2. The van der Waals surface area contributed by atoms with E-state index in [1.807, 2.05) is 0 Å². The van der Waals surface area contributed by atoms with E-state index in [0.29, 0.717) is 0 Å². The minimum Gasteiger partial charge on any atom is -0.456 e. The SMILES string of the molecule is CC1(C)c2ccccc2-c2ccc(N(c3ccc(-c4ccc5ccccc5c4)cc3)c3cccc4c5ccc6oc7ccccc7c6c5c5ccccc5c34)cc21. The third kappa shape index (κ3) is 4.65. The molecule has 11 aromatic rings. The van der Waals surface area contributed by atoms with Crippen LogP contribution in [0.2, 0.25) is 0 Å². The van der Waals surface area contributed by atoms with E-state index in [1.54, 1.807) is 0 Å². The third-order valence-electron chi connectivity index (χ3n) is 12.6. The standard InChI is InChI=1S/C55H37NO/c1-55(2)47-19-9-7-14-40(47)41-29-28-39(33-48(41)55)56(38-26-24-35(25-27-38)37-23-22-34-12-3-4-13-36(34)32-37)49-20-11-18-43-45-30-31-51-54(46-17-8-10-21-50(46)57-51)53(45)44-16-6-5-15-42(44)52(43)49/h3-33H,1-2H3. The van der Waals surface area contributed by atoms with E-state index < -0.39 is 0 Å². The van der Waals surface area contributed by atoms with E-state index in [9.17, 15) is 0 Å². The first-order valence-corrected chi connectivity index (χ1v) is 19.8. The Bertz CT molecular complexity index is 3410. The Kier molecular flexibility index (Phi) is 6.72. The van der Waals surface area contributed by atoms with Crippen molar-refractivity contribution in [3.05, 3.63) is 199 Å². The summed E-state index contributed by atoms with van der Waals surface area (Å²) in [5, 5.41) is 12.2. The van der Waals surface area contributed by atoms with Crippen molar-refractivity contribution in [3.8, 4) is 22.3 Å². The van der Waals surface area contributed by atoms with Gasteiger partial charge in [-0.15, -0.1) is 0 Å². The highest BCUT2D eigenvalue weighted by Crippen LogP contribution is 2.52. The van der Waals surface area contributed by atoms with Gasteiger partial charge in [-0.25, -0.2) is 0 Å². The van der Waals surface area contributed by atoms with Gasteiger partial charge in [0.1, 0.15) is 11.2 Å². The molecule has 2 nitrogen and oxygen atoms in total. The van der Waals surface area contributed by atoms with Crippen molar-refractivity contribution in [2.45, 2.75) is 19.3 Å². The van der Waals surface area contributed by atoms with Crippen LogP contribution in [0.1, 0.15) is 25.0 Å². The molecule has 1 aromatic heterocycles. The first-order chi connectivity index (χ1) is 28.0. The lowest BCUT2D eigenvalue weighted by Gasteiger charge is -2.30. The fourth-order valence-electron chi connectivity index (χ4n) is 9.90. The second-order valence-corrected chi connectivity index (χ2v) is 16.0. The van der Waals surface area contributed by atoms with Gasteiger partial charge >= 0.3 is 0 Å². The molecule has 1 aliphatic carbocycles. The highest BCUT2D eigenvalue weighted by molar-refractivity contribution is 6.36. The zero-order valence-corrected chi connectivity index (χ0v) is 31.8. The molecule has 0 radical (unpaired) electrons. The number of fused-ring (bicyclic) bond motifs is 14. The Labute approximate surface area is 330 Å². The van der Waals surface area contributed by atoms with Crippen LogP contribution in [0.3, 0.4) is 0 Å². The van der Waals surface area contributed by atoms with E-state index in [4.69, 9.17) is 4.42 Å². The van der Waals surface area contributed by atoms with Crippen LogP contribution in [0, 0.1) is 0 Å². The quantitative estimate of drug-likeness (QED) is 0.168. The van der Waals surface area contributed by atoms with Gasteiger partial charge in [0.2, 0.25) is 0 Å². The van der Waals surface area contributed by atoms with Crippen LogP contribution in [0.4, 0.5) is 17.1 Å². The molecule has 268 valence electrons. The summed E-state index contributed by atoms with van der Waals surface area (Å²) in [4.78, 5) is 2.48. The summed E-state index contributed by atoms with van der Waals surface area (Å²) in [5.41, 5.74) is 12.9. The molecule has 1 aliphatic rings. The summed E-state index contributed by atoms with van der Waals surface area (Å²) in [6.07, 6.45) is 0. The predicted molar refractivity (Wildman–Crippen MR) is 241 cm³/mol. The number of nitrogens with zero attached hydrogens (tertiary/aromatic N) is 1. The lowest BCUT2D eigenvalue weighted by molar-refractivity contribution is 0.660. The van der Waals surface area contributed by atoms with Gasteiger partial charge in [0.25, 0.3) is 0 Å². The molecule has 10 aromatic carbocycles. The molecular formula is C55H37NO. The van der Waals surface area contributed by atoms with Gasteiger partial charge in [-0.2, -0.15) is 0 Å².